The number of guanidine groups is 1. The number of morpholine rings is 1. The number of hydrogen-bond donors (Lipinski definition) is 2. The molecule has 0 spiro atoms. The highest BCUT2D eigenvalue weighted by Gasteiger charge is 2.28. The lowest BCUT2D eigenvalue weighted by Crippen LogP contribution is -2.56. The first kappa shape index (κ1) is 24.4. The van der Waals surface area contributed by atoms with E-state index >= 15 is 0 Å². The van der Waals surface area contributed by atoms with Gasteiger partial charge in [0.2, 0.25) is 0 Å². The Hall–Kier alpha value is -0.900. The second-order valence-corrected chi connectivity index (χ2v) is 8.39. The number of ether oxygens (including phenoxy) is 1. The molecule has 2 heterocycles. The van der Waals surface area contributed by atoms with Crippen LogP contribution in [0.5, 0.6) is 0 Å². The van der Waals surface area contributed by atoms with Crippen molar-refractivity contribution in [2.45, 2.75) is 38.3 Å². The highest BCUT2D eigenvalue weighted by Crippen LogP contribution is 2.24. The van der Waals surface area contributed by atoms with Crippen LogP contribution in [0, 0.1) is 0 Å². The Morgan fingerprint density at radius 3 is 2.34 bits per heavy atom. The zero-order valence-electron chi connectivity index (χ0n) is 18.2. The molecule has 0 saturated carbocycles. The van der Waals surface area contributed by atoms with Gasteiger partial charge >= 0.3 is 0 Å². The van der Waals surface area contributed by atoms with Crippen LogP contribution in [0.1, 0.15) is 38.3 Å². The van der Waals surface area contributed by atoms with Crippen LogP contribution in [0.25, 0.3) is 0 Å². The van der Waals surface area contributed by atoms with Gasteiger partial charge < -0.3 is 15.4 Å². The van der Waals surface area contributed by atoms with Crippen molar-refractivity contribution >= 4 is 29.9 Å². The summed E-state index contributed by atoms with van der Waals surface area (Å²) in [6.45, 7) is 12.3. The van der Waals surface area contributed by atoms with Crippen LogP contribution in [0.4, 0.5) is 0 Å². The van der Waals surface area contributed by atoms with Crippen molar-refractivity contribution in [2.24, 2.45) is 4.99 Å². The molecule has 7 heteroatoms. The van der Waals surface area contributed by atoms with Crippen LogP contribution < -0.4 is 10.6 Å². The maximum atomic E-state index is 5.49. The Bertz CT molecular complexity index is 613. The summed E-state index contributed by atoms with van der Waals surface area (Å²) in [5, 5.41) is 7.12. The first-order valence-electron chi connectivity index (χ1n) is 10.7. The molecular weight excluding hydrogens is 477 g/mol. The minimum Gasteiger partial charge on any atom is -0.379 e. The Balaban J connectivity index is 0.00000300. The third-order valence-corrected chi connectivity index (χ3v) is 6.01. The van der Waals surface area contributed by atoms with Crippen molar-refractivity contribution in [3.05, 3.63) is 35.9 Å². The van der Waals surface area contributed by atoms with E-state index in [1.807, 2.05) is 7.05 Å². The lowest BCUT2D eigenvalue weighted by molar-refractivity contribution is -0.00834. The average Bonchev–Trinajstić information content (AvgIpc) is 3.26. The van der Waals surface area contributed by atoms with Gasteiger partial charge in [0.25, 0.3) is 0 Å². The first-order valence-corrected chi connectivity index (χ1v) is 10.7. The van der Waals surface area contributed by atoms with Crippen molar-refractivity contribution in [1.29, 1.82) is 0 Å². The fraction of sp³-hybridized carbons (Fsp3) is 0.682. The van der Waals surface area contributed by atoms with E-state index in [-0.39, 0.29) is 29.5 Å². The van der Waals surface area contributed by atoms with Crippen molar-refractivity contribution in [3.63, 3.8) is 0 Å². The van der Waals surface area contributed by atoms with E-state index < -0.39 is 0 Å². The number of aliphatic imine (C=N–C) groups is 1. The van der Waals surface area contributed by atoms with Gasteiger partial charge in [-0.3, -0.25) is 14.8 Å². The van der Waals surface area contributed by atoms with E-state index in [2.05, 4.69) is 69.6 Å². The Morgan fingerprint density at radius 1 is 1.07 bits per heavy atom. The molecule has 1 aromatic carbocycles. The zero-order chi connectivity index (χ0) is 19.8. The van der Waals surface area contributed by atoms with Gasteiger partial charge in [0, 0.05) is 38.8 Å². The molecule has 1 unspecified atom stereocenters. The van der Waals surface area contributed by atoms with E-state index in [4.69, 9.17) is 4.74 Å². The second kappa shape index (κ2) is 12.1. The van der Waals surface area contributed by atoms with E-state index in [1.165, 1.54) is 31.5 Å². The number of halogens is 1. The molecule has 3 rings (SSSR count). The molecule has 1 aromatic rings. The van der Waals surface area contributed by atoms with Gasteiger partial charge in [0.15, 0.2) is 5.96 Å². The van der Waals surface area contributed by atoms with Gasteiger partial charge in [-0.05, 0) is 45.3 Å². The number of nitrogens with zero attached hydrogens (tertiary/aromatic N) is 3. The highest BCUT2D eigenvalue weighted by molar-refractivity contribution is 14.0. The normalized spacial score (nSPS) is 20.2. The van der Waals surface area contributed by atoms with Crippen LogP contribution in [0.2, 0.25) is 0 Å². The van der Waals surface area contributed by atoms with E-state index in [9.17, 15) is 0 Å². The molecule has 1 atom stereocenters. The van der Waals surface area contributed by atoms with Gasteiger partial charge in [0.05, 0.1) is 19.3 Å². The summed E-state index contributed by atoms with van der Waals surface area (Å²) < 4.78 is 5.49. The molecule has 29 heavy (non-hydrogen) atoms. The molecule has 0 aliphatic carbocycles. The minimum absolute atomic E-state index is 0. The molecule has 0 radical (unpaired) electrons. The van der Waals surface area contributed by atoms with Gasteiger partial charge in [-0.2, -0.15) is 0 Å². The SMILES string of the molecule is CN=C(NCC(c1ccccc1)N1CCCC1)NCC(C)(C)N1CCOCC1.I. The minimum atomic E-state index is 0. The summed E-state index contributed by atoms with van der Waals surface area (Å²) in [5.74, 6) is 0.876. The number of nitrogens with one attached hydrogen (secondary N) is 2. The molecule has 0 bridgehead atoms. The molecule has 0 amide bonds. The molecule has 6 nitrogen and oxygen atoms in total. The summed E-state index contributed by atoms with van der Waals surface area (Å²) in [7, 11) is 1.85. The quantitative estimate of drug-likeness (QED) is 0.333. The summed E-state index contributed by atoms with van der Waals surface area (Å²) >= 11 is 0. The number of benzene rings is 1. The van der Waals surface area contributed by atoms with Gasteiger partial charge in [0.1, 0.15) is 0 Å². The van der Waals surface area contributed by atoms with E-state index in [0.717, 1.165) is 45.4 Å². The number of rotatable bonds is 7. The average molecular weight is 515 g/mol. The fourth-order valence-electron chi connectivity index (χ4n) is 4.18. The molecule has 2 aliphatic rings. The number of likely N-dealkylation sites (tertiary alicyclic amines) is 1. The van der Waals surface area contributed by atoms with Crippen LogP contribution in [0.3, 0.4) is 0 Å². The lowest BCUT2D eigenvalue weighted by atomic mass is 10.0. The van der Waals surface area contributed by atoms with Gasteiger partial charge in [-0.1, -0.05) is 30.3 Å². The van der Waals surface area contributed by atoms with Crippen molar-refractivity contribution in [3.8, 4) is 0 Å². The highest BCUT2D eigenvalue weighted by atomic mass is 127. The Morgan fingerprint density at radius 2 is 1.72 bits per heavy atom. The van der Waals surface area contributed by atoms with Gasteiger partial charge in [-0.15, -0.1) is 24.0 Å². The van der Waals surface area contributed by atoms with Crippen molar-refractivity contribution in [1.82, 2.24) is 20.4 Å². The number of hydrogen-bond acceptors (Lipinski definition) is 4. The van der Waals surface area contributed by atoms with Crippen LogP contribution in [0.15, 0.2) is 35.3 Å². The summed E-state index contributed by atoms with van der Waals surface area (Å²) in [6, 6.07) is 11.2. The summed E-state index contributed by atoms with van der Waals surface area (Å²) in [5.41, 5.74) is 1.44. The van der Waals surface area contributed by atoms with Crippen molar-refractivity contribution < 1.29 is 4.74 Å². The molecular formula is C22H38IN5O. The van der Waals surface area contributed by atoms with Crippen molar-refractivity contribution in [2.75, 3.05) is 59.5 Å². The maximum absolute atomic E-state index is 5.49. The lowest BCUT2D eigenvalue weighted by Gasteiger charge is -2.41. The predicted molar refractivity (Wildman–Crippen MR) is 131 cm³/mol. The predicted octanol–water partition coefficient (Wildman–Crippen LogP) is 2.72. The van der Waals surface area contributed by atoms with Crippen LogP contribution >= 0.6 is 24.0 Å². The van der Waals surface area contributed by atoms with Crippen LogP contribution in [-0.2, 0) is 4.74 Å². The molecule has 2 fully saturated rings. The molecule has 0 aromatic heterocycles. The topological polar surface area (TPSA) is 52.1 Å². The van der Waals surface area contributed by atoms with E-state index in [1.54, 1.807) is 0 Å². The first-order chi connectivity index (χ1) is 13.6. The molecule has 2 saturated heterocycles. The summed E-state index contributed by atoms with van der Waals surface area (Å²) in [6.07, 6.45) is 2.59. The monoisotopic (exact) mass is 515 g/mol. The smallest absolute Gasteiger partial charge is 0.191 e. The second-order valence-electron chi connectivity index (χ2n) is 8.39. The molecule has 164 valence electrons. The third-order valence-electron chi connectivity index (χ3n) is 6.01. The Kier molecular flexibility index (Phi) is 10.1. The largest absolute Gasteiger partial charge is 0.379 e. The Labute approximate surface area is 193 Å². The van der Waals surface area contributed by atoms with Gasteiger partial charge in [-0.25, -0.2) is 0 Å². The molecule has 2 N–H and O–H groups in total. The summed E-state index contributed by atoms with van der Waals surface area (Å²) in [4.78, 5) is 9.55. The fourth-order valence-corrected chi connectivity index (χ4v) is 4.18. The standard InChI is InChI=1S/C22H37N5O.HI/c1-22(2,27-13-15-28-16-14-27)18-25-21(23-3)24-17-20(26-11-7-8-12-26)19-9-5-4-6-10-19;/h4-6,9-10,20H,7-8,11-18H2,1-3H3,(H2,23,24,25);1H. The third kappa shape index (κ3) is 7.08. The molecule has 2 aliphatic heterocycles. The maximum Gasteiger partial charge on any atom is 0.191 e. The van der Waals surface area contributed by atoms with Crippen LogP contribution in [-0.4, -0.2) is 80.8 Å². The van der Waals surface area contributed by atoms with E-state index in [0.29, 0.717) is 6.04 Å². The zero-order valence-corrected chi connectivity index (χ0v) is 20.5.